The molecule has 134 valence electrons. The molecule has 1 N–H and O–H groups in total. The second kappa shape index (κ2) is 7.28. The number of nitrogens with zero attached hydrogens (tertiary/aromatic N) is 4. The molecule has 0 radical (unpaired) electrons. The van der Waals surface area contributed by atoms with E-state index in [4.69, 9.17) is 4.99 Å². The maximum Gasteiger partial charge on any atom is 0.242 e. The van der Waals surface area contributed by atoms with E-state index in [0.29, 0.717) is 13.1 Å². The van der Waals surface area contributed by atoms with Crippen molar-refractivity contribution in [3.63, 3.8) is 0 Å². The lowest BCUT2D eigenvalue weighted by molar-refractivity contribution is -0.145. The maximum absolute atomic E-state index is 12.6. The fourth-order valence-corrected chi connectivity index (χ4v) is 3.56. The summed E-state index contributed by atoms with van der Waals surface area (Å²) >= 11 is 0. The first kappa shape index (κ1) is 18.4. The average molecular weight is 333 g/mol. The monoisotopic (exact) mass is 333 g/mol. The molecule has 1 aliphatic heterocycles. The van der Waals surface area contributed by atoms with Crippen LogP contribution in [0, 0.1) is 0 Å². The number of nitrogens with one attached hydrogen (secondary N) is 1. The predicted octanol–water partition coefficient (Wildman–Crippen LogP) is 1.82. The summed E-state index contributed by atoms with van der Waals surface area (Å²) in [7, 11) is 2.00. The van der Waals surface area contributed by atoms with Crippen LogP contribution in [-0.2, 0) is 18.4 Å². The van der Waals surface area contributed by atoms with Crippen molar-refractivity contribution in [2.45, 2.75) is 52.7 Å². The molecule has 0 spiro atoms. The summed E-state index contributed by atoms with van der Waals surface area (Å²) in [6, 6.07) is 2.28. The molecule has 0 atom stereocenters. The van der Waals surface area contributed by atoms with Crippen LogP contribution < -0.4 is 5.32 Å². The number of aryl methyl sites for hydroxylation is 1. The first-order chi connectivity index (χ1) is 11.2. The van der Waals surface area contributed by atoms with Gasteiger partial charge >= 0.3 is 0 Å². The lowest BCUT2D eigenvalue weighted by Crippen LogP contribution is -2.66. The van der Waals surface area contributed by atoms with E-state index in [1.165, 1.54) is 5.56 Å². The molecule has 1 aliphatic rings. The highest BCUT2D eigenvalue weighted by Crippen LogP contribution is 2.24. The van der Waals surface area contributed by atoms with Gasteiger partial charge in [0.2, 0.25) is 5.91 Å². The second-order valence-corrected chi connectivity index (χ2v) is 7.38. The lowest BCUT2D eigenvalue weighted by Gasteiger charge is -2.49. The number of aliphatic imine (C=N–C) groups is 1. The molecule has 1 aromatic heterocycles. The summed E-state index contributed by atoms with van der Waals surface area (Å²) in [6.45, 7) is 13.0. The Morgan fingerprint density at radius 1 is 1.42 bits per heavy atom. The molecule has 0 saturated carbocycles. The number of aromatic nitrogens is 1. The zero-order valence-corrected chi connectivity index (χ0v) is 15.8. The minimum absolute atomic E-state index is 0.159. The third kappa shape index (κ3) is 4.10. The number of carbonyl (C=O) groups is 1. The van der Waals surface area contributed by atoms with Crippen LogP contribution in [0.5, 0.6) is 0 Å². The van der Waals surface area contributed by atoms with Crippen molar-refractivity contribution in [2.24, 2.45) is 12.0 Å². The fraction of sp³-hybridized carbons (Fsp3) is 0.667. The summed E-state index contributed by atoms with van der Waals surface area (Å²) in [4.78, 5) is 21.5. The van der Waals surface area contributed by atoms with Crippen molar-refractivity contribution in [2.75, 3.05) is 19.6 Å². The van der Waals surface area contributed by atoms with Crippen LogP contribution in [0.1, 0.15) is 40.2 Å². The summed E-state index contributed by atoms with van der Waals surface area (Å²) in [5.74, 6) is 0.970. The molecule has 0 bridgehead atoms. The summed E-state index contributed by atoms with van der Waals surface area (Å²) in [5.41, 5.74) is 0.950. The SMILES string of the molecule is CCNC(=NCc1ccn(C)c1)N1CC(=O)N(C(C)C)C(C)(C)C1. The highest BCUT2D eigenvalue weighted by molar-refractivity contribution is 5.88. The minimum Gasteiger partial charge on any atom is -0.357 e. The van der Waals surface area contributed by atoms with E-state index >= 15 is 0 Å². The largest absolute Gasteiger partial charge is 0.357 e. The first-order valence-electron chi connectivity index (χ1n) is 8.71. The normalized spacial score (nSPS) is 18.5. The standard InChI is InChI=1S/C18H31N5O/c1-7-19-17(20-10-15-8-9-21(6)11-15)22-12-16(24)23(14(2)3)18(4,5)13-22/h8-9,11,14H,7,10,12-13H2,1-6H3,(H,19,20). The summed E-state index contributed by atoms with van der Waals surface area (Å²) in [6.07, 6.45) is 4.09. The van der Waals surface area contributed by atoms with Gasteiger partial charge < -0.3 is 19.7 Å². The van der Waals surface area contributed by atoms with Gasteiger partial charge in [-0.2, -0.15) is 0 Å². The van der Waals surface area contributed by atoms with Crippen molar-refractivity contribution < 1.29 is 4.79 Å². The van der Waals surface area contributed by atoms with Crippen LogP contribution >= 0.6 is 0 Å². The third-order valence-electron chi connectivity index (χ3n) is 4.28. The van der Waals surface area contributed by atoms with Crippen molar-refractivity contribution in [3.05, 3.63) is 24.0 Å². The molecule has 0 aromatic carbocycles. The van der Waals surface area contributed by atoms with Crippen LogP contribution in [-0.4, -0.2) is 57.4 Å². The van der Waals surface area contributed by atoms with Crippen molar-refractivity contribution >= 4 is 11.9 Å². The van der Waals surface area contributed by atoms with Gasteiger partial charge in [-0.05, 0) is 46.2 Å². The molecule has 6 heteroatoms. The number of carbonyl (C=O) groups excluding carboxylic acids is 1. The maximum atomic E-state index is 12.6. The van der Waals surface area contributed by atoms with Gasteiger partial charge in [0.25, 0.3) is 0 Å². The van der Waals surface area contributed by atoms with Gasteiger partial charge in [-0.3, -0.25) is 4.79 Å². The molecule has 1 amide bonds. The van der Waals surface area contributed by atoms with Crippen LogP contribution in [0.3, 0.4) is 0 Å². The fourth-order valence-electron chi connectivity index (χ4n) is 3.56. The minimum atomic E-state index is -0.216. The van der Waals surface area contributed by atoms with E-state index in [1.54, 1.807) is 0 Å². The van der Waals surface area contributed by atoms with Crippen molar-refractivity contribution in [3.8, 4) is 0 Å². The molecule has 1 saturated heterocycles. The van der Waals surface area contributed by atoms with Crippen LogP contribution in [0.4, 0.5) is 0 Å². The van der Waals surface area contributed by atoms with E-state index in [1.807, 2.05) is 22.7 Å². The number of hydrogen-bond donors (Lipinski definition) is 1. The van der Waals surface area contributed by atoms with E-state index in [0.717, 1.165) is 19.0 Å². The smallest absolute Gasteiger partial charge is 0.242 e. The molecule has 1 aromatic rings. The van der Waals surface area contributed by atoms with Crippen molar-refractivity contribution in [1.82, 2.24) is 19.7 Å². The number of guanidine groups is 1. The van der Waals surface area contributed by atoms with E-state index in [9.17, 15) is 4.79 Å². The highest BCUT2D eigenvalue weighted by atomic mass is 16.2. The Balaban J connectivity index is 2.17. The molecule has 1 fully saturated rings. The predicted molar refractivity (Wildman–Crippen MR) is 97.9 cm³/mol. The Bertz CT molecular complexity index is 602. The summed E-state index contributed by atoms with van der Waals surface area (Å²) in [5, 5.41) is 3.33. The number of amides is 1. The Morgan fingerprint density at radius 2 is 2.12 bits per heavy atom. The van der Waals surface area contributed by atoms with Gasteiger partial charge in [-0.25, -0.2) is 4.99 Å². The van der Waals surface area contributed by atoms with E-state index in [2.05, 4.69) is 57.1 Å². The van der Waals surface area contributed by atoms with E-state index < -0.39 is 0 Å². The van der Waals surface area contributed by atoms with Crippen LogP contribution in [0.2, 0.25) is 0 Å². The van der Waals surface area contributed by atoms with Crippen LogP contribution in [0.25, 0.3) is 0 Å². The van der Waals surface area contributed by atoms with E-state index in [-0.39, 0.29) is 17.5 Å². The Labute approximate surface area is 145 Å². The van der Waals surface area contributed by atoms with Crippen molar-refractivity contribution in [1.29, 1.82) is 0 Å². The molecule has 2 heterocycles. The van der Waals surface area contributed by atoms with Crippen LogP contribution in [0.15, 0.2) is 23.5 Å². The molecule has 24 heavy (non-hydrogen) atoms. The molecule has 0 aliphatic carbocycles. The number of piperazine rings is 1. The molecular weight excluding hydrogens is 302 g/mol. The Morgan fingerprint density at radius 3 is 2.62 bits per heavy atom. The topological polar surface area (TPSA) is 52.9 Å². The first-order valence-corrected chi connectivity index (χ1v) is 8.71. The van der Waals surface area contributed by atoms with Gasteiger partial charge in [0, 0.05) is 38.6 Å². The summed E-state index contributed by atoms with van der Waals surface area (Å²) < 4.78 is 2.02. The molecule has 0 unspecified atom stereocenters. The quantitative estimate of drug-likeness (QED) is 0.675. The second-order valence-electron chi connectivity index (χ2n) is 7.38. The zero-order valence-electron chi connectivity index (χ0n) is 15.8. The average Bonchev–Trinajstić information content (AvgIpc) is 2.86. The number of hydrogen-bond acceptors (Lipinski definition) is 2. The highest BCUT2D eigenvalue weighted by Gasteiger charge is 2.40. The number of rotatable bonds is 4. The van der Waals surface area contributed by atoms with Gasteiger partial charge in [-0.1, -0.05) is 0 Å². The molecular formula is C18H31N5O. The molecule has 2 rings (SSSR count). The van der Waals surface area contributed by atoms with Gasteiger partial charge in [-0.15, -0.1) is 0 Å². The van der Waals surface area contributed by atoms with Gasteiger partial charge in [0.05, 0.1) is 18.6 Å². The zero-order chi connectivity index (χ0) is 17.9. The Kier molecular flexibility index (Phi) is 5.57. The van der Waals surface area contributed by atoms with Gasteiger partial charge in [0.1, 0.15) is 0 Å². The Hall–Kier alpha value is -1.98. The molecule has 6 nitrogen and oxygen atoms in total. The van der Waals surface area contributed by atoms with Gasteiger partial charge in [0.15, 0.2) is 5.96 Å². The lowest BCUT2D eigenvalue weighted by atomic mass is 9.96. The third-order valence-corrected chi connectivity index (χ3v) is 4.28.